The molecular weight excluding hydrogens is 326 g/mol. The van der Waals surface area contributed by atoms with E-state index in [-0.39, 0.29) is 0 Å². The van der Waals surface area contributed by atoms with Crippen LogP contribution in [0.3, 0.4) is 0 Å². The Morgan fingerprint density at radius 2 is 1.69 bits per heavy atom. The van der Waals surface area contributed by atoms with Crippen LogP contribution in [0.25, 0.3) is 0 Å². The summed E-state index contributed by atoms with van der Waals surface area (Å²) in [7, 11) is 0. The first-order valence-electron chi connectivity index (χ1n) is 10.7. The lowest BCUT2D eigenvalue weighted by Gasteiger charge is -2.32. The number of hydrogen-bond donors (Lipinski definition) is 2. The van der Waals surface area contributed by atoms with Crippen molar-refractivity contribution >= 4 is 5.96 Å². The zero-order chi connectivity index (χ0) is 18.8. The summed E-state index contributed by atoms with van der Waals surface area (Å²) < 4.78 is 5.45. The van der Waals surface area contributed by atoms with Gasteiger partial charge in [0.25, 0.3) is 0 Å². The summed E-state index contributed by atoms with van der Waals surface area (Å²) in [6, 6.07) is 1.07. The monoisotopic (exact) mass is 367 g/mol. The summed E-state index contributed by atoms with van der Waals surface area (Å²) in [4.78, 5) is 9.99. The predicted molar refractivity (Wildman–Crippen MR) is 110 cm³/mol. The van der Waals surface area contributed by atoms with Gasteiger partial charge in [-0.15, -0.1) is 0 Å². The molecule has 0 aliphatic carbocycles. The third-order valence-electron chi connectivity index (χ3n) is 5.43. The first kappa shape index (κ1) is 21.5. The average molecular weight is 368 g/mol. The number of guanidine groups is 1. The second-order valence-electron chi connectivity index (χ2n) is 8.12. The lowest BCUT2D eigenvalue weighted by Crippen LogP contribution is -2.48. The van der Waals surface area contributed by atoms with Gasteiger partial charge in [0, 0.05) is 38.3 Å². The van der Waals surface area contributed by atoms with Gasteiger partial charge in [0.2, 0.25) is 0 Å². The van der Waals surface area contributed by atoms with Gasteiger partial charge >= 0.3 is 0 Å². The molecule has 152 valence electrons. The van der Waals surface area contributed by atoms with Crippen LogP contribution in [0.2, 0.25) is 0 Å². The van der Waals surface area contributed by atoms with Crippen molar-refractivity contribution in [3.63, 3.8) is 0 Å². The molecule has 0 aromatic heterocycles. The van der Waals surface area contributed by atoms with Gasteiger partial charge in [-0.2, -0.15) is 0 Å². The number of aliphatic imine (C=N–C) groups is 1. The molecule has 2 atom stereocenters. The minimum Gasteiger partial charge on any atom is -0.379 e. The molecule has 0 bridgehead atoms. The lowest BCUT2D eigenvalue weighted by molar-refractivity contribution is 0.0220. The SMILES string of the molecule is CCNC(=NCC(C)N1CCOCC1)NCC(CC(C)C)N1CCCC1. The molecule has 2 aliphatic heterocycles. The topological polar surface area (TPSA) is 52.1 Å². The quantitative estimate of drug-likeness (QED) is 0.481. The first-order chi connectivity index (χ1) is 12.6. The zero-order valence-corrected chi connectivity index (χ0v) is 17.5. The normalized spacial score (nSPS) is 22.6. The second-order valence-corrected chi connectivity index (χ2v) is 8.12. The summed E-state index contributed by atoms with van der Waals surface area (Å²) in [5.74, 6) is 1.68. The summed E-state index contributed by atoms with van der Waals surface area (Å²) >= 11 is 0. The fourth-order valence-corrected chi connectivity index (χ4v) is 3.93. The predicted octanol–water partition coefficient (Wildman–Crippen LogP) is 1.77. The van der Waals surface area contributed by atoms with E-state index in [1.54, 1.807) is 0 Å². The van der Waals surface area contributed by atoms with E-state index >= 15 is 0 Å². The van der Waals surface area contributed by atoms with E-state index in [0.717, 1.165) is 57.8 Å². The zero-order valence-electron chi connectivity index (χ0n) is 17.5. The highest BCUT2D eigenvalue weighted by Crippen LogP contribution is 2.17. The van der Waals surface area contributed by atoms with Gasteiger partial charge < -0.3 is 15.4 Å². The van der Waals surface area contributed by atoms with Crippen LogP contribution < -0.4 is 10.6 Å². The van der Waals surface area contributed by atoms with Crippen LogP contribution in [0.1, 0.15) is 47.0 Å². The van der Waals surface area contributed by atoms with Gasteiger partial charge in [-0.3, -0.25) is 14.8 Å². The van der Waals surface area contributed by atoms with Gasteiger partial charge in [0.15, 0.2) is 5.96 Å². The van der Waals surface area contributed by atoms with E-state index in [1.165, 1.54) is 32.4 Å². The number of morpholine rings is 1. The second kappa shape index (κ2) is 11.8. The summed E-state index contributed by atoms with van der Waals surface area (Å²) in [6.07, 6.45) is 3.94. The Hall–Kier alpha value is -0.850. The van der Waals surface area contributed by atoms with E-state index < -0.39 is 0 Å². The molecule has 0 aromatic rings. The minimum atomic E-state index is 0.458. The maximum atomic E-state index is 5.45. The Labute approximate surface area is 160 Å². The highest BCUT2D eigenvalue weighted by molar-refractivity contribution is 5.79. The number of rotatable bonds is 9. The molecule has 2 heterocycles. The molecule has 0 spiro atoms. The molecule has 6 heteroatoms. The van der Waals surface area contributed by atoms with Crippen LogP contribution >= 0.6 is 0 Å². The van der Waals surface area contributed by atoms with Gasteiger partial charge in [-0.05, 0) is 52.1 Å². The van der Waals surface area contributed by atoms with Crippen LogP contribution in [0, 0.1) is 5.92 Å². The number of ether oxygens (including phenoxy) is 1. The van der Waals surface area contributed by atoms with Crippen LogP contribution in [-0.4, -0.2) is 86.9 Å². The van der Waals surface area contributed by atoms with Crippen LogP contribution in [0.4, 0.5) is 0 Å². The molecule has 2 aliphatic rings. The third kappa shape index (κ3) is 7.41. The van der Waals surface area contributed by atoms with Crippen molar-refractivity contribution in [3.8, 4) is 0 Å². The highest BCUT2D eigenvalue weighted by Gasteiger charge is 2.23. The molecule has 26 heavy (non-hydrogen) atoms. The van der Waals surface area contributed by atoms with Crippen molar-refractivity contribution in [2.24, 2.45) is 10.9 Å². The summed E-state index contributed by atoms with van der Waals surface area (Å²) in [5, 5.41) is 7.03. The minimum absolute atomic E-state index is 0.458. The Morgan fingerprint density at radius 3 is 2.31 bits per heavy atom. The fourth-order valence-electron chi connectivity index (χ4n) is 3.93. The molecule has 0 amide bonds. The van der Waals surface area contributed by atoms with E-state index in [9.17, 15) is 0 Å². The lowest BCUT2D eigenvalue weighted by atomic mass is 10.0. The molecule has 0 radical (unpaired) electrons. The van der Waals surface area contributed by atoms with Crippen molar-refractivity contribution in [1.29, 1.82) is 0 Å². The van der Waals surface area contributed by atoms with Gasteiger partial charge in [-0.1, -0.05) is 13.8 Å². The molecule has 2 saturated heterocycles. The molecule has 2 N–H and O–H groups in total. The maximum absolute atomic E-state index is 5.45. The molecule has 2 fully saturated rings. The van der Waals surface area contributed by atoms with Crippen LogP contribution in [0.5, 0.6) is 0 Å². The van der Waals surface area contributed by atoms with Crippen molar-refractivity contribution in [2.45, 2.75) is 59.0 Å². The van der Waals surface area contributed by atoms with Gasteiger partial charge in [0.05, 0.1) is 19.8 Å². The molecule has 2 rings (SSSR count). The Kier molecular flexibility index (Phi) is 9.72. The first-order valence-corrected chi connectivity index (χ1v) is 10.7. The van der Waals surface area contributed by atoms with E-state index in [1.807, 2.05) is 0 Å². The Balaban J connectivity index is 1.85. The largest absolute Gasteiger partial charge is 0.379 e. The molecule has 0 saturated carbocycles. The van der Waals surface area contributed by atoms with Crippen molar-refractivity contribution < 1.29 is 4.74 Å². The standard InChI is InChI=1S/C20H41N5O/c1-5-21-20(22-15-18(4)24-10-12-26-13-11-24)23-16-19(14-17(2)3)25-8-6-7-9-25/h17-19H,5-16H2,1-4H3,(H2,21,22,23). The van der Waals surface area contributed by atoms with E-state index in [2.05, 4.69) is 48.1 Å². The number of nitrogens with one attached hydrogen (secondary N) is 2. The van der Waals surface area contributed by atoms with Gasteiger partial charge in [0.1, 0.15) is 0 Å². The van der Waals surface area contributed by atoms with E-state index in [4.69, 9.17) is 9.73 Å². The van der Waals surface area contributed by atoms with Crippen LogP contribution in [-0.2, 0) is 4.74 Å². The number of hydrogen-bond acceptors (Lipinski definition) is 4. The smallest absolute Gasteiger partial charge is 0.191 e. The van der Waals surface area contributed by atoms with Crippen LogP contribution in [0.15, 0.2) is 4.99 Å². The summed E-state index contributed by atoms with van der Waals surface area (Å²) in [6.45, 7) is 18.0. The summed E-state index contributed by atoms with van der Waals surface area (Å²) in [5.41, 5.74) is 0. The highest BCUT2D eigenvalue weighted by atomic mass is 16.5. The number of likely N-dealkylation sites (tertiary alicyclic amines) is 1. The maximum Gasteiger partial charge on any atom is 0.191 e. The Bertz CT molecular complexity index is 403. The third-order valence-corrected chi connectivity index (χ3v) is 5.43. The van der Waals surface area contributed by atoms with Crippen molar-refractivity contribution in [3.05, 3.63) is 0 Å². The van der Waals surface area contributed by atoms with Gasteiger partial charge in [-0.25, -0.2) is 0 Å². The fraction of sp³-hybridized carbons (Fsp3) is 0.950. The average Bonchev–Trinajstić information content (AvgIpc) is 3.17. The molecular formula is C20H41N5O. The Morgan fingerprint density at radius 1 is 1.00 bits per heavy atom. The molecule has 0 aromatic carbocycles. The van der Waals surface area contributed by atoms with Crippen molar-refractivity contribution in [1.82, 2.24) is 20.4 Å². The molecule has 2 unspecified atom stereocenters. The van der Waals surface area contributed by atoms with E-state index in [0.29, 0.717) is 12.1 Å². The van der Waals surface area contributed by atoms with Crippen molar-refractivity contribution in [2.75, 3.05) is 59.0 Å². The number of nitrogens with zero attached hydrogens (tertiary/aromatic N) is 3. The molecule has 6 nitrogen and oxygen atoms in total.